The number of amides is 2. The molecule has 1 atom stereocenters. The largest absolute Gasteiger partial charge is 0.352 e. The van der Waals surface area contributed by atoms with E-state index in [0.29, 0.717) is 39.9 Å². The van der Waals surface area contributed by atoms with E-state index in [-0.39, 0.29) is 24.4 Å². The number of thioether (sulfide) groups is 1. The van der Waals surface area contributed by atoms with Crippen LogP contribution in [0, 0.1) is 0 Å². The summed E-state index contributed by atoms with van der Waals surface area (Å²) < 4.78 is 0. The standard InChI is InChI=1S/C27H33Cl3N2O2S/c1-2-25(27(34)31-20-8-4-3-5-9-20)32(18-22-23(29)10-6-11-24(22)30)26(33)12-7-17-35-21-15-13-19(28)14-16-21/h6,10-11,13-16,20,25H,2-5,7-9,12,17-18H2,1H3,(H,31,34). The van der Waals surface area contributed by atoms with Crippen LogP contribution in [0.15, 0.2) is 47.4 Å². The van der Waals surface area contributed by atoms with E-state index < -0.39 is 6.04 Å². The molecule has 0 saturated heterocycles. The summed E-state index contributed by atoms with van der Waals surface area (Å²) in [5.41, 5.74) is 0.670. The molecule has 2 amide bonds. The maximum atomic E-state index is 13.5. The van der Waals surface area contributed by atoms with E-state index in [1.807, 2.05) is 31.2 Å². The van der Waals surface area contributed by atoms with E-state index in [4.69, 9.17) is 34.8 Å². The van der Waals surface area contributed by atoms with Crippen molar-refractivity contribution in [2.45, 2.75) is 81.8 Å². The van der Waals surface area contributed by atoms with Gasteiger partial charge in [0, 0.05) is 44.5 Å². The Labute approximate surface area is 228 Å². The van der Waals surface area contributed by atoms with Gasteiger partial charge in [0.05, 0.1) is 0 Å². The number of hydrogen-bond acceptors (Lipinski definition) is 3. The minimum absolute atomic E-state index is 0.0664. The van der Waals surface area contributed by atoms with Crippen molar-refractivity contribution in [2.24, 2.45) is 0 Å². The average molecular weight is 556 g/mol. The molecule has 0 bridgehead atoms. The van der Waals surface area contributed by atoms with E-state index in [9.17, 15) is 9.59 Å². The van der Waals surface area contributed by atoms with Crippen molar-refractivity contribution >= 4 is 58.4 Å². The lowest BCUT2D eigenvalue weighted by Gasteiger charge is -2.33. The Bertz CT molecular complexity index is 961. The van der Waals surface area contributed by atoms with E-state index in [2.05, 4.69) is 5.32 Å². The molecule has 1 aliphatic rings. The van der Waals surface area contributed by atoms with Gasteiger partial charge in [-0.3, -0.25) is 9.59 Å². The molecule has 2 aromatic carbocycles. The Morgan fingerprint density at radius 1 is 1.03 bits per heavy atom. The second kappa shape index (κ2) is 14.4. The van der Waals surface area contributed by atoms with E-state index in [1.54, 1.807) is 34.9 Å². The van der Waals surface area contributed by atoms with Crippen LogP contribution in [-0.2, 0) is 16.1 Å². The van der Waals surface area contributed by atoms with Gasteiger partial charge in [-0.1, -0.05) is 67.1 Å². The molecule has 190 valence electrons. The maximum absolute atomic E-state index is 13.5. The van der Waals surface area contributed by atoms with Gasteiger partial charge in [-0.2, -0.15) is 0 Å². The molecule has 0 radical (unpaired) electrons. The van der Waals surface area contributed by atoms with Gasteiger partial charge in [-0.05, 0) is 67.8 Å². The predicted molar refractivity (Wildman–Crippen MR) is 148 cm³/mol. The van der Waals surface area contributed by atoms with Crippen LogP contribution < -0.4 is 5.32 Å². The van der Waals surface area contributed by atoms with E-state index in [1.165, 1.54) is 6.42 Å². The van der Waals surface area contributed by atoms with Crippen molar-refractivity contribution in [1.82, 2.24) is 10.2 Å². The molecule has 4 nitrogen and oxygen atoms in total. The second-order valence-electron chi connectivity index (χ2n) is 8.90. The first kappa shape index (κ1) is 28.2. The zero-order valence-corrected chi connectivity index (χ0v) is 23.2. The van der Waals surface area contributed by atoms with Crippen LogP contribution in [-0.4, -0.2) is 34.6 Å². The molecule has 0 spiro atoms. The SMILES string of the molecule is CCC(C(=O)NC1CCCCC1)N(Cc1c(Cl)cccc1Cl)C(=O)CCCSc1ccc(Cl)cc1. The number of carbonyl (C=O) groups is 2. The van der Waals surface area contributed by atoms with Gasteiger partial charge in [0.15, 0.2) is 0 Å². The first-order valence-corrected chi connectivity index (χ1v) is 14.4. The van der Waals surface area contributed by atoms with Crippen molar-refractivity contribution in [3.05, 3.63) is 63.1 Å². The first-order valence-electron chi connectivity index (χ1n) is 12.3. The Hall–Kier alpha value is -1.40. The highest BCUT2D eigenvalue weighted by Crippen LogP contribution is 2.28. The van der Waals surface area contributed by atoms with Crippen LogP contribution in [0.4, 0.5) is 0 Å². The van der Waals surface area contributed by atoms with Gasteiger partial charge in [0.25, 0.3) is 0 Å². The highest BCUT2D eigenvalue weighted by molar-refractivity contribution is 7.99. The van der Waals surface area contributed by atoms with Gasteiger partial charge in [0.2, 0.25) is 11.8 Å². The molecule has 8 heteroatoms. The highest BCUT2D eigenvalue weighted by Gasteiger charge is 2.31. The zero-order chi connectivity index (χ0) is 25.2. The van der Waals surface area contributed by atoms with Gasteiger partial charge in [0.1, 0.15) is 6.04 Å². The summed E-state index contributed by atoms with van der Waals surface area (Å²) in [4.78, 5) is 29.5. The molecule has 0 heterocycles. The molecule has 1 fully saturated rings. The predicted octanol–water partition coefficient (Wildman–Crippen LogP) is 7.78. The molecular formula is C27H33Cl3N2O2S. The fraction of sp³-hybridized carbons (Fsp3) is 0.481. The molecule has 35 heavy (non-hydrogen) atoms. The number of hydrogen-bond donors (Lipinski definition) is 1. The van der Waals surface area contributed by atoms with Crippen molar-refractivity contribution in [3.8, 4) is 0 Å². The summed E-state index contributed by atoms with van der Waals surface area (Å²) in [6.45, 7) is 2.15. The Morgan fingerprint density at radius 3 is 2.31 bits per heavy atom. The number of benzene rings is 2. The summed E-state index contributed by atoms with van der Waals surface area (Å²) in [5.74, 6) is 0.633. The molecule has 0 aromatic heterocycles. The van der Waals surface area contributed by atoms with Crippen LogP contribution in [0.3, 0.4) is 0 Å². The van der Waals surface area contributed by atoms with Crippen molar-refractivity contribution in [1.29, 1.82) is 0 Å². The zero-order valence-electron chi connectivity index (χ0n) is 20.1. The fourth-order valence-electron chi connectivity index (χ4n) is 4.41. The van der Waals surface area contributed by atoms with Crippen LogP contribution in [0.1, 0.15) is 63.9 Å². The third kappa shape index (κ3) is 8.59. The lowest BCUT2D eigenvalue weighted by atomic mass is 9.95. The van der Waals surface area contributed by atoms with Crippen molar-refractivity contribution in [3.63, 3.8) is 0 Å². The van der Waals surface area contributed by atoms with E-state index in [0.717, 1.165) is 36.3 Å². The van der Waals surface area contributed by atoms with Crippen molar-refractivity contribution in [2.75, 3.05) is 5.75 Å². The Kier molecular flexibility index (Phi) is 11.6. The number of nitrogens with one attached hydrogen (secondary N) is 1. The summed E-state index contributed by atoms with van der Waals surface area (Å²) in [5, 5.41) is 4.90. The minimum atomic E-state index is -0.569. The molecule has 2 aromatic rings. The van der Waals surface area contributed by atoms with Gasteiger partial charge >= 0.3 is 0 Å². The maximum Gasteiger partial charge on any atom is 0.243 e. The Morgan fingerprint density at radius 2 is 1.69 bits per heavy atom. The smallest absolute Gasteiger partial charge is 0.243 e. The summed E-state index contributed by atoms with van der Waals surface area (Å²) in [6.07, 6.45) is 7.02. The Balaban J connectivity index is 1.69. The third-order valence-corrected chi connectivity index (χ3v) is 8.40. The van der Waals surface area contributed by atoms with Crippen molar-refractivity contribution < 1.29 is 9.59 Å². The third-order valence-electron chi connectivity index (χ3n) is 6.34. The number of halogens is 3. The van der Waals surface area contributed by atoms with E-state index >= 15 is 0 Å². The summed E-state index contributed by atoms with van der Waals surface area (Å²) in [7, 11) is 0. The molecule has 1 unspecified atom stereocenters. The fourth-order valence-corrected chi connectivity index (χ4v) is 5.90. The lowest BCUT2D eigenvalue weighted by Crippen LogP contribution is -2.51. The molecule has 1 saturated carbocycles. The highest BCUT2D eigenvalue weighted by atomic mass is 35.5. The number of rotatable bonds is 11. The normalized spacial score (nSPS) is 15.0. The first-order chi connectivity index (χ1) is 16.9. The topological polar surface area (TPSA) is 49.4 Å². The monoisotopic (exact) mass is 554 g/mol. The quantitative estimate of drug-likeness (QED) is 0.227. The van der Waals surface area contributed by atoms with Crippen LogP contribution in [0.25, 0.3) is 0 Å². The summed E-state index contributed by atoms with van der Waals surface area (Å²) >= 11 is 20.5. The van der Waals surface area contributed by atoms with Gasteiger partial charge in [-0.15, -0.1) is 11.8 Å². The molecule has 0 aliphatic heterocycles. The second-order valence-corrected chi connectivity index (χ2v) is 11.3. The molecular weight excluding hydrogens is 523 g/mol. The van der Waals surface area contributed by atoms with Crippen LogP contribution >= 0.6 is 46.6 Å². The number of nitrogens with zero attached hydrogens (tertiary/aromatic N) is 1. The summed E-state index contributed by atoms with van der Waals surface area (Å²) in [6, 6.07) is 12.6. The molecule has 1 aliphatic carbocycles. The van der Waals surface area contributed by atoms with Gasteiger partial charge in [-0.25, -0.2) is 0 Å². The average Bonchev–Trinajstić information content (AvgIpc) is 2.85. The lowest BCUT2D eigenvalue weighted by molar-refractivity contribution is -0.141. The van der Waals surface area contributed by atoms with Crippen LogP contribution in [0.2, 0.25) is 15.1 Å². The minimum Gasteiger partial charge on any atom is -0.352 e. The van der Waals surface area contributed by atoms with Crippen LogP contribution in [0.5, 0.6) is 0 Å². The molecule has 3 rings (SSSR count). The van der Waals surface area contributed by atoms with Gasteiger partial charge < -0.3 is 10.2 Å². The number of carbonyl (C=O) groups excluding carboxylic acids is 2. The molecule has 1 N–H and O–H groups in total.